The lowest BCUT2D eigenvalue weighted by atomic mass is 10.2. The summed E-state index contributed by atoms with van der Waals surface area (Å²) in [7, 11) is 0. The third-order valence-corrected chi connectivity index (χ3v) is 3.97. The van der Waals surface area contributed by atoms with Crippen LogP contribution in [0.25, 0.3) is 11.0 Å². The molecule has 106 valence electrons. The predicted molar refractivity (Wildman–Crippen MR) is 77.0 cm³/mol. The lowest BCUT2D eigenvalue weighted by molar-refractivity contribution is 0.0697. The predicted octanol–water partition coefficient (Wildman–Crippen LogP) is 2.22. The van der Waals surface area contributed by atoms with Gasteiger partial charge in [0.05, 0.1) is 22.9 Å². The second-order valence-corrected chi connectivity index (χ2v) is 5.31. The Morgan fingerprint density at radius 3 is 2.95 bits per heavy atom. The van der Waals surface area contributed by atoms with Crippen molar-refractivity contribution in [2.75, 3.05) is 13.1 Å². The summed E-state index contributed by atoms with van der Waals surface area (Å²) < 4.78 is 2.10. The van der Waals surface area contributed by atoms with Crippen LogP contribution in [0.3, 0.4) is 0 Å². The molecule has 0 atom stereocenters. The Morgan fingerprint density at radius 1 is 1.50 bits per heavy atom. The highest BCUT2D eigenvalue weighted by atomic mass is 16.4. The van der Waals surface area contributed by atoms with E-state index in [9.17, 15) is 4.79 Å². The van der Waals surface area contributed by atoms with E-state index in [0.29, 0.717) is 0 Å². The Labute approximate surface area is 117 Å². The van der Waals surface area contributed by atoms with Crippen LogP contribution >= 0.6 is 0 Å². The average Bonchev–Trinajstić information content (AvgIpc) is 3.20. The highest BCUT2D eigenvalue weighted by Gasteiger charge is 2.27. The van der Waals surface area contributed by atoms with Crippen molar-refractivity contribution in [3.05, 3.63) is 30.1 Å². The number of imidazole rings is 1. The highest BCUT2D eigenvalue weighted by molar-refractivity contribution is 5.92. The fourth-order valence-electron chi connectivity index (χ4n) is 2.65. The standard InChI is InChI=1S/C15H19N3O2/c1-2-17(12-4-5-12)7-8-18-10-16-13-9-11(15(19)20)3-6-14(13)18/h3,6,9-10,12H,2,4-5,7-8H2,1H3,(H,19,20). The first-order valence-electron chi connectivity index (χ1n) is 7.11. The van der Waals surface area contributed by atoms with Crippen molar-refractivity contribution in [2.24, 2.45) is 0 Å². The van der Waals surface area contributed by atoms with Crippen LogP contribution in [0.4, 0.5) is 0 Å². The third-order valence-electron chi connectivity index (χ3n) is 3.97. The number of carbonyl (C=O) groups is 1. The number of hydrogen-bond donors (Lipinski definition) is 1. The fraction of sp³-hybridized carbons (Fsp3) is 0.467. The quantitative estimate of drug-likeness (QED) is 0.876. The number of rotatable bonds is 6. The molecule has 20 heavy (non-hydrogen) atoms. The van der Waals surface area contributed by atoms with Gasteiger partial charge in [-0.25, -0.2) is 9.78 Å². The van der Waals surface area contributed by atoms with Crippen LogP contribution < -0.4 is 0 Å². The first-order valence-corrected chi connectivity index (χ1v) is 7.11. The number of benzene rings is 1. The van der Waals surface area contributed by atoms with Crippen molar-refractivity contribution in [1.82, 2.24) is 14.5 Å². The maximum Gasteiger partial charge on any atom is 0.335 e. The second kappa shape index (κ2) is 5.25. The topological polar surface area (TPSA) is 58.4 Å². The maximum atomic E-state index is 10.9. The molecule has 0 spiro atoms. The summed E-state index contributed by atoms with van der Waals surface area (Å²) in [6.07, 6.45) is 4.44. The van der Waals surface area contributed by atoms with Gasteiger partial charge in [-0.3, -0.25) is 4.90 Å². The van der Waals surface area contributed by atoms with Crippen molar-refractivity contribution >= 4 is 17.0 Å². The van der Waals surface area contributed by atoms with Gasteiger partial charge in [0.25, 0.3) is 0 Å². The summed E-state index contributed by atoms with van der Waals surface area (Å²) in [6, 6.07) is 5.89. The minimum atomic E-state index is -0.910. The molecule has 1 N–H and O–H groups in total. The Bertz CT molecular complexity index is 631. The van der Waals surface area contributed by atoms with E-state index in [0.717, 1.165) is 36.7 Å². The van der Waals surface area contributed by atoms with Gasteiger partial charge in [0, 0.05) is 19.1 Å². The number of hydrogen-bond acceptors (Lipinski definition) is 3. The zero-order valence-electron chi connectivity index (χ0n) is 11.6. The molecule has 1 heterocycles. The van der Waals surface area contributed by atoms with Gasteiger partial charge in [-0.1, -0.05) is 6.92 Å². The van der Waals surface area contributed by atoms with Gasteiger partial charge in [-0.2, -0.15) is 0 Å². The summed E-state index contributed by atoms with van der Waals surface area (Å²) in [6.45, 7) is 5.20. The molecule has 0 unspecified atom stereocenters. The number of aromatic nitrogens is 2. The van der Waals surface area contributed by atoms with E-state index >= 15 is 0 Å². The summed E-state index contributed by atoms with van der Waals surface area (Å²) >= 11 is 0. The zero-order valence-corrected chi connectivity index (χ0v) is 11.6. The van der Waals surface area contributed by atoms with E-state index in [4.69, 9.17) is 5.11 Å². The van der Waals surface area contributed by atoms with Gasteiger partial charge in [-0.05, 0) is 37.6 Å². The van der Waals surface area contributed by atoms with Crippen molar-refractivity contribution in [2.45, 2.75) is 32.4 Å². The lowest BCUT2D eigenvalue weighted by Crippen LogP contribution is -2.29. The van der Waals surface area contributed by atoms with E-state index in [1.807, 2.05) is 6.07 Å². The molecule has 1 fully saturated rings. The van der Waals surface area contributed by atoms with Crippen LogP contribution in [0.15, 0.2) is 24.5 Å². The fourth-order valence-corrected chi connectivity index (χ4v) is 2.65. The Morgan fingerprint density at radius 2 is 2.30 bits per heavy atom. The van der Waals surface area contributed by atoms with E-state index in [-0.39, 0.29) is 5.56 Å². The molecular weight excluding hydrogens is 254 g/mol. The monoisotopic (exact) mass is 273 g/mol. The second-order valence-electron chi connectivity index (χ2n) is 5.31. The van der Waals surface area contributed by atoms with Crippen molar-refractivity contribution in [3.63, 3.8) is 0 Å². The molecule has 0 radical (unpaired) electrons. The van der Waals surface area contributed by atoms with Crippen molar-refractivity contribution in [3.8, 4) is 0 Å². The average molecular weight is 273 g/mol. The SMILES string of the molecule is CCN(CCn1cnc2cc(C(=O)O)ccc21)C1CC1. The van der Waals surface area contributed by atoms with Gasteiger partial charge < -0.3 is 9.67 Å². The normalized spacial score (nSPS) is 15.1. The first-order chi connectivity index (χ1) is 9.69. The van der Waals surface area contributed by atoms with Crippen LogP contribution in [0.1, 0.15) is 30.1 Å². The van der Waals surface area contributed by atoms with Crippen LogP contribution in [0, 0.1) is 0 Å². The smallest absolute Gasteiger partial charge is 0.335 e. The first kappa shape index (κ1) is 13.1. The number of aromatic carboxylic acids is 1. The van der Waals surface area contributed by atoms with E-state index in [2.05, 4.69) is 21.4 Å². The lowest BCUT2D eigenvalue weighted by Gasteiger charge is -2.19. The Balaban J connectivity index is 1.76. The number of carboxylic acids is 1. The van der Waals surface area contributed by atoms with Crippen LogP contribution in [0.5, 0.6) is 0 Å². The molecule has 3 rings (SSSR count). The molecule has 5 nitrogen and oxygen atoms in total. The van der Waals surface area contributed by atoms with Crippen molar-refractivity contribution < 1.29 is 9.90 Å². The molecule has 5 heteroatoms. The van der Waals surface area contributed by atoms with Gasteiger partial charge in [0.1, 0.15) is 0 Å². The Hall–Kier alpha value is -1.88. The number of likely N-dealkylation sites (N-methyl/N-ethyl adjacent to an activating group) is 1. The molecule has 0 aliphatic heterocycles. The highest BCUT2D eigenvalue weighted by Crippen LogP contribution is 2.26. The summed E-state index contributed by atoms with van der Waals surface area (Å²) in [5, 5.41) is 8.99. The van der Waals surface area contributed by atoms with E-state index < -0.39 is 5.97 Å². The molecule has 0 saturated heterocycles. The van der Waals surface area contributed by atoms with Crippen LogP contribution in [0.2, 0.25) is 0 Å². The van der Waals surface area contributed by atoms with Gasteiger partial charge >= 0.3 is 5.97 Å². The number of carboxylic acid groups (broad SMARTS) is 1. The minimum Gasteiger partial charge on any atom is -0.478 e. The van der Waals surface area contributed by atoms with E-state index in [1.54, 1.807) is 18.5 Å². The van der Waals surface area contributed by atoms with Gasteiger partial charge in [0.15, 0.2) is 0 Å². The largest absolute Gasteiger partial charge is 0.478 e. The summed E-state index contributed by atoms with van der Waals surface area (Å²) in [5.74, 6) is -0.910. The molecule has 1 aliphatic carbocycles. The summed E-state index contributed by atoms with van der Waals surface area (Å²) in [5.41, 5.74) is 2.04. The Kier molecular flexibility index (Phi) is 3.44. The van der Waals surface area contributed by atoms with Crippen LogP contribution in [-0.4, -0.2) is 44.7 Å². The van der Waals surface area contributed by atoms with Crippen LogP contribution in [-0.2, 0) is 6.54 Å². The molecule has 1 aliphatic rings. The van der Waals surface area contributed by atoms with E-state index in [1.165, 1.54) is 12.8 Å². The van der Waals surface area contributed by atoms with Gasteiger partial charge in [-0.15, -0.1) is 0 Å². The molecule has 1 aromatic carbocycles. The van der Waals surface area contributed by atoms with Crippen molar-refractivity contribution in [1.29, 1.82) is 0 Å². The molecule has 0 bridgehead atoms. The van der Waals surface area contributed by atoms with Gasteiger partial charge in [0.2, 0.25) is 0 Å². The molecule has 1 saturated carbocycles. The molecule has 0 amide bonds. The summed E-state index contributed by atoms with van der Waals surface area (Å²) in [4.78, 5) is 17.8. The molecular formula is C15H19N3O2. The number of fused-ring (bicyclic) bond motifs is 1. The molecule has 1 aromatic heterocycles. The number of nitrogens with zero attached hydrogens (tertiary/aromatic N) is 3. The molecule has 2 aromatic rings. The zero-order chi connectivity index (χ0) is 14.1. The maximum absolute atomic E-state index is 10.9. The third kappa shape index (κ3) is 2.54. The minimum absolute atomic E-state index is 0.288.